The minimum Gasteiger partial charge on any atom is -0.497 e. The molecule has 0 bridgehead atoms. The first-order valence-corrected chi connectivity index (χ1v) is 14.6. The van der Waals surface area contributed by atoms with Gasteiger partial charge in [0.15, 0.2) is 11.0 Å². The fourth-order valence-electron chi connectivity index (χ4n) is 4.89. The fraction of sp³-hybridized carbons (Fsp3) is 0.290. The van der Waals surface area contributed by atoms with Crippen molar-refractivity contribution >= 4 is 23.6 Å². The van der Waals surface area contributed by atoms with Gasteiger partial charge in [0, 0.05) is 42.5 Å². The molecule has 4 aromatic rings. The van der Waals surface area contributed by atoms with Gasteiger partial charge in [0.25, 0.3) is 5.91 Å². The minimum absolute atomic E-state index is 0.111. The van der Waals surface area contributed by atoms with Crippen LogP contribution in [0.4, 0.5) is 13.2 Å². The third-order valence-electron chi connectivity index (χ3n) is 7.30. The van der Waals surface area contributed by atoms with E-state index in [1.807, 2.05) is 66.9 Å². The Morgan fingerprint density at radius 1 is 0.953 bits per heavy atom. The number of nitrogens with zero attached hydrogens (tertiary/aromatic N) is 5. The van der Waals surface area contributed by atoms with E-state index in [1.165, 1.54) is 23.9 Å². The molecule has 0 saturated carbocycles. The van der Waals surface area contributed by atoms with Crippen molar-refractivity contribution < 1.29 is 27.5 Å². The average molecular weight is 610 g/mol. The second kappa shape index (κ2) is 12.5. The number of ether oxygens (including phenoxy) is 1. The minimum atomic E-state index is -4.47. The quantitative estimate of drug-likeness (QED) is 0.249. The average Bonchev–Trinajstić information content (AvgIpc) is 3.43. The lowest BCUT2D eigenvalue weighted by atomic mass is 10.1. The van der Waals surface area contributed by atoms with E-state index in [9.17, 15) is 22.8 Å². The molecular formula is C31H30F3N5O3S. The smallest absolute Gasteiger partial charge is 0.416 e. The maximum atomic E-state index is 13.3. The van der Waals surface area contributed by atoms with Gasteiger partial charge in [0.2, 0.25) is 5.91 Å². The SMILES string of the molecule is COc1ccc(-n2c(SCC(=O)N3CCN(C(=O)c4ccc(C(F)(F)F)cc4)C(C)C3)nnc2-c2ccc(C)cc2)cc1. The Bertz CT molecular complexity index is 1590. The van der Waals surface area contributed by atoms with Crippen LogP contribution in [0.1, 0.15) is 28.4 Å². The van der Waals surface area contributed by atoms with Crippen LogP contribution in [0.3, 0.4) is 0 Å². The molecular weight excluding hydrogens is 579 g/mol. The summed E-state index contributed by atoms with van der Waals surface area (Å²) < 4.78 is 45.9. The van der Waals surface area contributed by atoms with Crippen LogP contribution in [0.15, 0.2) is 78.0 Å². The summed E-state index contributed by atoms with van der Waals surface area (Å²) in [4.78, 5) is 29.6. The monoisotopic (exact) mass is 609 g/mol. The van der Waals surface area contributed by atoms with Crippen molar-refractivity contribution in [3.05, 3.63) is 89.5 Å². The van der Waals surface area contributed by atoms with Crippen molar-refractivity contribution in [1.29, 1.82) is 0 Å². The molecule has 224 valence electrons. The molecule has 3 aromatic carbocycles. The summed E-state index contributed by atoms with van der Waals surface area (Å²) in [5.74, 6) is 0.993. The molecule has 43 heavy (non-hydrogen) atoms. The predicted octanol–water partition coefficient (Wildman–Crippen LogP) is 5.74. The van der Waals surface area contributed by atoms with Gasteiger partial charge in [0.1, 0.15) is 5.75 Å². The van der Waals surface area contributed by atoms with Gasteiger partial charge < -0.3 is 14.5 Å². The number of benzene rings is 3. The lowest BCUT2D eigenvalue weighted by Crippen LogP contribution is -2.55. The normalized spacial score (nSPS) is 15.4. The van der Waals surface area contributed by atoms with E-state index in [-0.39, 0.29) is 35.7 Å². The van der Waals surface area contributed by atoms with Gasteiger partial charge in [-0.2, -0.15) is 13.2 Å². The summed E-state index contributed by atoms with van der Waals surface area (Å²) in [6.07, 6.45) is -4.47. The van der Waals surface area contributed by atoms with E-state index in [0.29, 0.717) is 29.8 Å². The summed E-state index contributed by atoms with van der Waals surface area (Å²) in [5, 5.41) is 9.40. The third-order valence-corrected chi connectivity index (χ3v) is 8.21. The van der Waals surface area contributed by atoms with Gasteiger partial charge >= 0.3 is 6.18 Å². The van der Waals surface area contributed by atoms with Crippen molar-refractivity contribution in [3.63, 3.8) is 0 Å². The van der Waals surface area contributed by atoms with E-state index in [0.717, 1.165) is 28.9 Å². The highest BCUT2D eigenvalue weighted by molar-refractivity contribution is 7.99. The molecule has 1 aliphatic heterocycles. The topological polar surface area (TPSA) is 80.6 Å². The number of carbonyl (C=O) groups excluding carboxylic acids is 2. The number of hydrogen-bond donors (Lipinski definition) is 0. The fourth-order valence-corrected chi connectivity index (χ4v) is 5.74. The molecule has 1 fully saturated rings. The first-order chi connectivity index (χ1) is 20.5. The van der Waals surface area contributed by atoms with Crippen LogP contribution in [0, 0.1) is 6.92 Å². The number of aromatic nitrogens is 3. The second-order valence-electron chi connectivity index (χ2n) is 10.3. The molecule has 1 aliphatic rings. The summed E-state index contributed by atoms with van der Waals surface area (Å²) in [6, 6.07) is 19.3. The Labute approximate surface area is 251 Å². The second-order valence-corrected chi connectivity index (χ2v) is 11.2. The van der Waals surface area contributed by atoms with Crippen LogP contribution in [-0.4, -0.2) is 74.9 Å². The van der Waals surface area contributed by atoms with Gasteiger partial charge in [-0.1, -0.05) is 41.6 Å². The van der Waals surface area contributed by atoms with Gasteiger partial charge in [0.05, 0.1) is 18.4 Å². The number of methoxy groups -OCH3 is 1. The van der Waals surface area contributed by atoms with Crippen LogP contribution in [0.5, 0.6) is 5.75 Å². The zero-order chi connectivity index (χ0) is 30.7. The molecule has 1 unspecified atom stereocenters. The number of aryl methyl sites for hydroxylation is 1. The Morgan fingerprint density at radius 3 is 2.23 bits per heavy atom. The van der Waals surface area contributed by atoms with Gasteiger partial charge in [-0.15, -0.1) is 10.2 Å². The molecule has 2 amide bonds. The number of thioether (sulfide) groups is 1. The van der Waals surface area contributed by atoms with Gasteiger partial charge in [-0.05, 0) is 62.4 Å². The lowest BCUT2D eigenvalue weighted by molar-refractivity contribution is -0.137. The number of hydrogen-bond acceptors (Lipinski definition) is 6. The number of carbonyl (C=O) groups is 2. The van der Waals surface area contributed by atoms with Gasteiger partial charge in [-0.25, -0.2) is 0 Å². The van der Waals surface area contributed by atoms with Crippen molar-refractivity contribution in [1.82, 2.24) is 24.6 Å². The Morgan fingerprint density at radius 2 is 1.63 bits per heavy atom. The van der Waals surface area contributed by atoms with Gasteiger partial charge in [-0.3, -0.25) is 14.2 Å². The molecule has 1 atom stereocenters. The van der Waals surface area contributed by atoms with E-state index in [1.54, 1.807) is 16.9 Å². The molecule has 8 nitrogen and oxygen atoms in total. The summed E-state index contributed by atoms with van der Waals surface area (Å²) in [6.45, 7) is 4.73. The molecule has 0 N–H and O–H groups in total. The standard InChI is InChI=1S/C31H30F3N5O3S/c1-20-4-6-22(7-5-20)28-35-36-30(39(28)25-12-14-26(42-3)15-13-25)43-19-27(40)37-16-17-38(21(2)18-37)29(41)23-8-10-24(11-9-23)31(32,33)34/h4-15,21H,16-19H2,1-3H3. The van der Waals surface area contributed by atoms with Crippen molar-refractivity contribution in [2.24, 2.45) is 0 Å². The number of alkyl halides is 3. The summed E-state index contributed by atoms with van der Waals surface area (Å²) >= 11 is 1.28. The number of amides is 2. The molecule has 0 spiro atoms. The van der Waals surface area contributed by atoms with Crippen LogP contribution in [-0.2, 0) is 11.0 Å². The van der Waals surface area contributed by atoms with E-state index >= 15 is 0 Å². The molecule has 1 aromatic heterocycles. The van der Waals surface area contributed by atoms with Crippen LogP contribution in [0.2, 0.25) is 0 Å². The third kappa shape index (κ3) is 6.69. The zero-order valence-electron chi connectivity index (χ0n) is 23.8. The molecule has 2 heterocycles. The molecule has 5 rings (SSSR count). The first kappa shape index (κ1) is 30.1. The Balaban J connectivity index is 1.27. The first-order valence-electron chi connectivity index (χ1n) is 13.6. The van der Waals surface area contributed by atoms with E-state index in [4.69, 9.17) is 4.74 Å². The number of rotatable bonds is 7. The highest BCUT2D eigenvalue weighted by atomic mass is 32.2. The maximum absolute atomic E-state index is 13.3. The van der Waals surface area contributed by atoms with E-state index in [2.05, 4.69) is 10.2 Å². The lowest BCUT2D eigenvalue weighted by Gasteiger charge is -2.40. The highest BCUT2D eigenvalue weighted by Gasteiger charge is 2.33. The van der Waals surface area contributed by atoms with Crippen LogP contribution < -0.4 is 4.74 Å². The molecule has 12 heteroatoms. The van der Waals surface area contributed by atoms with Crippen molar-refractivity contribution in [3.8, 4) is 22.8 Å². The largest absolute Gasteiger partial charge is 0.497 e. The maximum Gasteiger partial charge on any atom is 0.416 e. The Kier molecular flexibility index (Phi) is 8.77. The highest BCUT2D eigenvalue weighted by Crippen LogP contribution is 2.31. The predicted molar refractivity (Wildman–Crippen MR) is 157 cm³/mol. The number of piperazine rings is 1. The summed E-state index contributed by atoms with van der Waals surface area (Å²) in [5.41, 5.74) is 2.20. The van der Waals surface area contributed by atoms with Crippen LogP contribution in [0.25, 0.3) is 17.1 Å². The molecule has 0 aliphatic carbocycles. The van der Waals surface area contributed by atoms with Crippen molar-refractivity contribution in [2.45, 2.75) is 31.2 Å². The molecule has 1 saturated heterocycles. The Hall–Kier alpha value is -4.32. The number of halogens is 3. The van der Waals surface area contributed by atoms with E-state index < -0.39 is 11.7 Å². The summed E-state index contributed by atoms with van der Waals surface area (Å²) in [7, 11) is 1.60. The molecule has 0 radical (unpaired) electrons. The van der Waals surface area contributed by atoms with Crippen molar-refractivity contribution in [2.75, 3.05) is 32.5 Å². The van der Waals surface area contributed by atoms with Crippen LogP contribution >= 0.6 is 11.8 Å². The zero-order valence-corrected chi connectivity index (χ0v) is 24.7.